The summed E-state index contributed by atoms with van der Waals surface area (Å²) in [6, 6.07) is 10.2. The van der Waals surface area contributed by atoms with Gasteiger partial charge in [0.15, 0.2) is 0 Å². The second-order valence-corrected chi connectivity index (χ2v) is 12.0. The fourth-order valence-corrected chi connectivity index (χ4v) is 4.89. The molecule has 0 radical (unpaired) electrons. The molecule has 2 aromatic rings. The Kier molecular flexibility index (Phi) is 9.30. The summed E-state index contributed by atoms with van der Waals surface area (Å²) in [6.45, 7) is 15.0. The number of aromatic hydroxyl groups is 1. The molecule has 0 spiro atoms. The summed E-state index contributed by atoms with van der Waals surface area (Å²) in [6.07, 6.45) is 0.223. The molecule has 4 unspecified atom stereocenters. The Morgan fingerprint density at radius 1 is 1.03 bits per heavy atom. The van der Waals surface area contributed by atoms with Crippen LogP contribution in [0.1, 0.15) is 76.3 Å². The van der Waals surface area contributed by atoms with Gasteiger partial charge in [-0.05, 0) is 95.2 Å². The van der Waals surface area contributed by atoms with Gasteiger partial charge in [0.05, 0.1) is 0 Å². The summed E-state index contributed by atoms with van der Waals surface area (Å²) in [7, 11) is 0. The molecule has 8 heteroatoms. The molecule has 3 amide bonds. The van der Waals surface area contributed by atoms with Crippen LogP contribution in [0.5, 0.6) is 5.75 Å². The van der Waals surface area contributed by atoms with E-state index in [-0.39, 0.29) is 42.0 Å². The molecule has 1 aliphatic carbocycles. The Labute approximate surface area is 232 Å². The van der Waals surface area contributed by atoms with Gasteiger partial charge < -0.3 is 25.4 Å². The minimum absolute atomic E-state index is 0.107. The van der Waals surface area contributed by atoms with Crippen molar-refractivity contribution in [1.82, 2.24) is 15.5 Å². The highest BCUT2D eigenvalue weighted by molar-refractivity contribution is 5.93. The van der Waals surface area contributed by atoms with Gasteiger partial charge >= 0.3 is 6.09 Å². The van der Waals surface area contributed by atoms with Crippen LogP contribution in [0.25, 0.3) is 0 Å². The highest BCUT2D eigenvalue weighted by Crippen LogP contribution is 2.42. The number of phenolic OH excluding ortho intramolecular Hbond substituents is 1. The van der Waals surface area contributed by atoms with Crippen molar-refractivity contribution < 1.29 is 24.2 Å². The summed E-state index contributed by atoms with van der Waals surface area (Å²) >= 11 is 0. The fourth-order valence-electron chi connectivity index (χ4n) is 4.89. The number of phenols is 1. The number of alkyl carbamates (subject to hydrolysis) is 1. The number of amides is 3. The van der Waals surface area contributed by atoms with E-state index in [0.717, 1.165) is 28.7 Å². The van der Waals surface area contributed by atoms with E-state index in [4.69, 9.17) is 4.74 Å². The maximum Gasteiger partial charge on any atom is 0.408 e. The standard InChI is InChI=1S/C31H43N3O5/c1-18(2)32-28(36)27(26-19(3)10-9-11-20(26)4)34(25-16-21(25)5)29(37)24(33-30(38)39-31(6,7)8)17-22-12-14-23(35)15-13-22/h9-15,18,21,24-25,27,35H,16-17H2,1-8H3,(H,32,36)(H,33,38). The van der Waals surface area contributed by atoms with Gasteiger partial charge in [-0.25, -0.2) is 4.79 Å². The molecule has 0 aliphatic heterocycles. The molecule has 1 saturated carbocycles. The average Bonchev–Trinajstić information content (AvgIpc) is 3.53. The number of rotatable bonds is 9. The van der Waals surface area contributed by atoms with Gasteiger partial charge in [0.25, 0.3) is 0 Å². The first-order chi connectivity index (χ1) is 18.2. The molecule has 39 heavy (non-hydrogen) atoms. The summed E-state index contributed by atoms with van der Waals surface area (Å²) in [5.41, 5.74) is 2.63. The zero-order chi connectivity index (χ0) is 29.1. The van der Waals surface area contributed by atoms with Crippen molar-refractivity contribution in [3.05, 3.63) is 64.7 Å². The van der Waals surface area contributed by atoms with Gasteiger partial charge in [0, 0.05) is 18.5 Å². The van der Waals surface area contributed by atoms with E-state index in [1.807, 2.05) is 45.9 Å². The zero-order valence-corrected chi connectivity index (χ0v) is 24.4. The maximum atomic E-state index is 14.5. The first-order valence-electron chi connectivity index (χ1n) is 13.6. The summed E-state index contributed by atoms with van der Waals surface area (Å²) in [5, 5.41) is 15.6. The van der Waals surface area contributed by atoms with Crippen molar-refractivity contribution in [3.63, 3.8) is 0 Å². The molecular weight excluding hydrogens is 494 g/mol. The van der Waals surface area contributed by atoms with Crippen molar-refractivity contribution in [2.24, 2.45) is 5.92 Å². The Morgan fingerprint density at radius 3 is 2.08 bits per heavy atom. The fraction of sp³-hybridized carbons (Fsp3) is 0.516. The van der Waals surface area contributed by atoms with Gasteiger partial charge in [-0.15, -0.1) is 0 Å². The lowest BCUT2D eigenvalue weighted by Gasteiger charge is -2.36. The molecular formula is C31H43N3O5. The molecule has 0 saturated heterocycles. The second-order valence-electron chi connectivity index (χ2n) is 12.0. The van der Waals surface area contributed by atoms with Crippen LogP contribution in [0.4, 0.5) is 4.79 Å². The summed E-state index contributed by atoms with van der Waals surface area (Å²) < 4.78 is 5.50. The lowest BCUT2D eigenvalue weighted by Crippen LogP contribution is -2.55. The molecule has 1 fully saturated rings. The van der Waals surface area contributed by atoms with E-state index in [0.29, 0.717) is 0 Å². The third-order valence-corrected chi connectivity index (χ3v) is 6.82. The smallest absolute Gasteiger partial charge is 0.408 e. The van der Waals surface area contributed by atoms with Crippen LogP contribution < -0.4 is 10.6 Å². The SMILES string of the molecule is Cc1cccc(C)c1C(C(=O)NC(C)C)N(C(=O)C(Cc1ccc(O)cc1)NC(=O)OC(C)(C)C)C1CC1C. The summed E-state index contributed by atoms with van der Waals surface area (Å²) in [5.74, 6) is -0.288. The average molecular weight is 538 g/mol. The van der Waals surface area contributed by atoms with Crippen molar-refractivity contribution in [3.8, 4) is 5.75 Å². The minimum Gasteiger partial charge on any atom is -0.508 e. The molecule has 2 aromatic carbocycles. The van der Waals surface area contributed by atoms with Gasteiger partial charge in [0.1, 0.15) is 23.4 Å². The predicted molar refractivity (Wildman–Crippen MR) is 151 cm³/mol. The number of nitrogens with zero attached hydrogens (tertiary/aromatic N) is 1. The van der Waals surface area contributed by atoms with Crippen molar-refractivity contribution in [2.45, 2.75) is 98.0 Å². The predicted octanol–water partition coefficient (Wildman–Crippen LogP) is 4.95. The number of carbonyl (C=O) groups is 3. The number of hydrogen-bond acceptors (Lipinski definition) is 5. The van der Waals surface area contributed by atoms with E-state index in [9.17, 15) is 19.5 Å². The lowest BCUT2D eigenvalue weighted by atomic mass is 9.92. The topological polar surface area (TPSA) is 108 Å². The number of hydrogen-bond donors (Lipinski definition) is 3. The molecule has 8 nitrogen and oxygen atoms in total. The third-order valence-electron chi connectivity index (χ3n) is 6.82. The largest absolute Gasteiger partial charge is 0.508 e. The Hall–Kier alpha value is -3.55. The van der Waals surface area contributed by atoms with Crippen LogP contribution in [0.15, 0.2) is 42.5 Å². The summed E-state index contributed by atoms with van der Waals surface area (Å²) in [4.78, 5) is 42.9. The number of benzene rings is 2. The minimum atomic E-state index is -0.990. The van der Waals surface area contributed by atoms with Gasteiger partial charge in [-0.2, -0.15) is 0 Å². The molecule has 3 N–H and O–H groups in total. The zero-order valence-electron chi connectivity index (χ0n) is 24.4. The van der Waals surface area contributed by atoms with Crippen molar-refractivity contribution >= 4 is 17.9 Å². The van der Waals surface area contributed by atoms with Crippen LogP contribution in [0.3, 0.4) is 0 Å². The number of nitrogens with one attached hydrogen (secondary N) is 2. The van der Waals surface area contributed by atoms with E-state index < -0.39 is 23.8 Å². The Morgan fingerprint density at radius 2 is 1.59 bits per heavy atom. The highest BCUT2D eigenvalue weighted by atomic mass is 16.6. The quantitative estimate of drug-likeness (QED) is 0.420. The molecule has 3 rings (SSSR count). The van der Waals surface area contributed by atoms with Crippen LogP contribution in [-0.2, 0) is 20.7 Å². The lowest BCUT2D eigenvalue weighted by molar-refractivity contribution is -0.143. The first kappa shape index (κ1) is 30.0. The first-order valence-corrected chi connectivity index (χ1v) is 13.6. The number of aryl methyl sites for hydroxylation is 2. The molecule has 4 atom stereocenters. The van der Waals surface area contributed by atoms with Crippen molar-refractivity contribution in [2.75, 3.05) is 0 Å². The normalized spacial score (nSPS) is 18.2. The van der Waals surface area contributed by atoms with E-state index in [1.54, 1.807) is 49.9 Å². The molecule has 0 bridgehead atoms. The number of carbonyl (C=O) groups excluding carboxylic acids is 3. The van der Waals surface area contributed by atoms with E-state index >= 15 is 0 Å². The van der Waals surface area contributed by atoms with Gasteiger partial charge in [-0.3, -0.25) is 9.59 Å². The molecule has 212 valence electrons. The van der Waals surface area contributed by atoms with Crippen LogP contribution in [0, 0.1) is 19.8 Å². The monoisotopic (exact) mass is 537 g/mol. The Bertz CT molecular complexity index is 1170. The molecule has 0 aromatic heterocycles. The van der Waals surface area contributed by atoms with Gasteiger partial charge in [-0.1, -0.05) is 37.3 Å². The van der Waals surface area contributed by atoms with Crippen LogP contribution in [0.2, 0.25) is 0 Å². The maximum absolute atomic E-state index is 14.5. The van der Waals surface area contributed by atoms with Crippen molar-refractivity contribution in [1.29, 1.82) is 0 Å². The molecule has 1 aliphatic rings. The van der Waals surface area contributed by atoms with Crippen LogP contribution >= 0.6 is 0 Å². The second kappa shape index (κ2) is 12.1. The number of ether oxygens (including phenoxy) is 1. The van der Waals surface area contributed by atoms with Crippen LogP contribution in [-0.4, -0.2) is 51.6 Å². The Balaban J connectivity index is 2.09. The highest BCUT2D eigenvalue weighted by Gasteiger charge is 2.48. The van der Waals surface area contributed by atoms with E-state index in [2.05, 4.69) is 17.6 Å². The molecule has 0 heterocycles. The van der Waals surface area contributed by atoms with E-state index in [1.165, 1.54) is 0 Å². The van der Waals surface area contributed by atoms with Gasteiger partial charge in [0.2, 0.25) is 11.8 Å². The third kappa shape index (κ3) is 7.97.